The van der Waals surface area contributed by atoms with Crippen molar-refractivity contribution < 1.29 is 23.5 Å². The number of anilines is 2. The van der Waals surface area contributed by atoms with Crippen LogP contribution in [-0.4, -0.2) is 36.6 Å². The van der Waals surface area contributed by atoms with Crippen molar-refractivity contribution in [2.45, 2.75) is 0 Å². The Morgan fingerprint density at radius 3 is 2.56 bits per heavy atom. The highest BCUT2D eigenvalue weighted by atomic mass is 19.1. The maximum absolute atomic E-state index is 13.7. The Labute approximate surface area is 142 Å². The fourth-order valence-corrected chi connectivity index (χ4v) is 2.59. The molecule has 0 atom stereocenters. The van der Waals surface area contributed by atoms with Crippen molar-refractivity contribution in [1.82, 2.24) is 5.32 Å². The number of aromatic hydroxyl groups is 1. The summed E-state index contributed by atoms with van der Waals surface area (Å²) in [4.78, 5) is 25.4. The number of carbonyl (C=O) groups excluding carboxylic acids is 2. The Bertz CT molecular complexity index is 801. The first-order valence-corrected chi connectivity index (χ1v) is 7.55. The summed E-state index contributed by atoms with van der Waals surface area (Å²) >= 11 is 0. The molecule has 130 valence electrons. The van der Waals surface area contributed by atoms with Gasteiger partial charge >= 0.3 is 0 Å². The fourth-order valence-electron chi connectivity index (χ4n) is 2.59. The van der Waals surface area contributed by atoms with Gasteiger partial charge in [0.1, 0.15) is 22.9 Å². The van der Waals surface area contributed by atoms with E-state index in [2.05, 4.69) is 10.6 Å². The quantitative estimate of drug-likeness (QED) is 0.792. The third-order valence-corrected chi connectivity index (χ3v) is 3.79. The first kappa shape index (κ1) is 16.7. The number of amides is 2. The molecule has 2 aromatic rings. The molecule has 1 fully saturated rings. The molecule has 25 heavy (non-hydrogen) atoms. The molecule has 2 amide bonds. The van der Waals surface area contributed by atoms with E-state index in [1.165, 1.54) is 0 Å². The Hall–Kier alpha value is -3.16. The van der Waals surface area contributed by atoms with E-state index in [0.717, 1.165) is 5.69 Å². The lowest BCUT2D eigenvalue weighted by atomic mass is 10.1. The number of hydrogen-bond acceptors (Lipinski definition) is 4. The van der Waals surface area contributed by atoms with Gasteiger partial charge in [0.25, 0.3) is 5.91 Å². The van der Waals surface area contributed by atoms with Crippen molar-refractivity contribution in [3.05, 3.63) is 53.6 Å². The van der Waals surface area contributed by atoms with E-state index < -0.39 is 28.9 Å². The highest BCUT2D eigenvalue weighted by Crippen LogP contribution is 2.24. The Morgan fingerprint density at radius 2 is 1.92 bits per heavy atom. The largest absolute Gasteiger partial charge is 0.507 e. The second-order valence-electron chi connectivity index (χ2n) is 5.55. The van der Waals surface area contributed by atoms with E-state index >= 15 is 0 Å². The molecular weight excluding hydrogens is 332 g/mol. The van der Waals surface area contributed by atoms with Crippen LogP contribution in [0.4, 0.5) is 20.2 Å². The third kappa shape index (κ3) is 3.68. The van der Waals surface area contributed by atoms with Crippen molar-refractivity contribution in [3.63, 3.8) is 0 Å². The molecule has 8 heteroatoms. The normalized spacial score (nSPS) is 14.2. The van der Waals surface area contributed by atoms with Gasteiger partial charge in [-0.05, 0) is 24.3 Å². The lowest BCUT2D eigenvalue weighted by molar-refractivity contribution is -0.120. The monoisotopic (exact) mass is 347 g/mol. The lowest BCUT2D eigenvalue weighted by Crippen LogP contribution is -2.47. The highest BCUT2D eigenvalue weighted by molar-refractivity contribution is 6.06. The Morgan fingerprint density at radius 1 is 1.20 bits per heavy atom. The zero-order valence-corrected chi connectivity index (χ0v) is 13.1. The van der Waals surface area contributed by atoms with Gasteiger partial charge in [0.15, 0.2) is 0 Å². The van der Waals surface area contributed by atoms with Crippen molar-refractivity contribution in [3.8, 4) is 5.75 Å². The maximum atomic E-state index is 13.7. The van der Waals surface area contributed by atoms with Crippen molar-refractivity contribution in [2.75, 3.05) is 29.9 Å². The molecule has 1 aliphatic rings. The summed E-state index contributed by atoms with van der Waals surface area (Å²) in [5, 5.41) is 14.7. The molecule has 0 bridgehead atoms. The first-order chi connectivity index (χ1) is 11.9. The summed E-state index contributed by atoms with van der Waals surface area (Å²) in [5.74, 6) is -3.84. The van der Waals surface area contributed by atoms with Crippen LogP contribution in [0.2, 0.25) is 0 Å². The molecule has 1 heterocycles. The number of piperazine rings is 1. The standard InChI is InChI=1S/C17H15F2N3O3/c18-10-7-13(19)16(14(23)8-10)17(25)21-11-1-3-12(4-2-11)22-6-5-20-15(24)9-22/h1-4,7-8,23H,5-6,9H2,(H,20,24)(H,21,25). The molecule has 1 saturated heterocycles. The number of rotatable bonds is 3. The fraction of sp³-hybridized carbons (Fsp3) is 0.176. The molecule has 3 rings (SSSR count). The maximum Gasteiger partial charge on any atom is 0.262 e. The molecule has 0 aromatic heterocycles. The zero-order valence-electron chi connectivity index (χ0n) is 13.1. The smallest absolute Gasteiger partial charge is 0.262 e. The SMILES string of the molecule is O=C1CN(c2ccc(NC(=O)c3c(O)cc(F)cc3F)cc2)CCN1. The molecule has 6 nitrogen and oxygen atoms in total. The minimum absolute atomic E-state index is 0.0640. The predicted molar refractivity (Wildman–Crippen MR) is 87.6 cm³/mol. The number of phenols is 1. The van der Waals surface area contributed by atoms with Crippen LogP contribution in [-0.2, 0) is 4.79 Å². The van der Waals surface area contributed by atoms with E-state index in [9.17, 15) is 23.5 Å². The average Bonchev–Trinajstić information content (AvgIpc) is 2.54. The van der Waals surface area contributed by atoms with Crippen molar-refractivity contribution >= 4 is 23.2 Å². The van der Waals surface area contributed by atoms with Crippen LogP contribution in [0.1, 0.15) is 10.4 Å². The number of benzene rings is 2. The Kier molecular flexibility index (Phi) is 4.51. The van der Waals surface area contributed by atoms with E-state index in [1.54, 1.807) is 24.3 Å². The van der Waals surface area contributed by atoms with Gasteiger partial charge in [-0.3, -0.25) is 9.59 Å². The predicted octanol–water partition coefficient (Wildman–Crippen LogP) is 1.86. The number of hydrogen-bond donors (Lipinski definition) is 3. The molecule has 0 unspecified atom stereocenters. The minimum Gasteiger partial charge on any atom is -0.507 e. The van der Waals surface area contributed by atoms with Gasteiger partial charge in [0.2, 0.25) is 5.91 Å². The molecule has 0 saturated carbocycles. The third-order valence-electron chi connectivity index (χ3n) is 3.79. The molecular formula is C17H15F2N3O3. The summed E-state index contributed by atoms with van der Waals surface area (Å²) in [7, 11) is 0. The molecule has 3 N–H and O–H groups in total. The summed E-state index contributed by atoms with van der Waals surface area (Å²) in [6, 6.07) is 7.82. The second kappa shape index (κ2) is 6.76. The molecule has 1 aliphatic heterocycles. The van der Waals surface area contributed by atoms with Crippen LogP contribution in [0.3, 0.4) is 0 Å². The summed E-state index contributed by atoms with van der Waals surface area (Å²) in [5.41, 5.74) is 0.556. The van der Waals surface area contributed by atoms with Crippen LogP contribution >= 0.6 is 0 Å². The van der Waals surface area contributed by atoms with Gasteiger partial charge in [-0.25, -0.2) is 8.78 Å². The average molecular weight is 347 g/mol. The summed E-state index contributed by atoms with van der Waals surface area (Å²) in [6.45, 7) is 1.48. The van der Waals surface area contributed by atoms with Crippen LogP contribution in [0.15, 0.2) is 36.4 Å². The van der Waals surface area contributed by atoms with Gasteiger partial charge in [-0.1, -0.05) is 0 Å². The lowest BCUT2D eigenvalue weighted by Gasteiger charge is -2.28. The summed E-state index contributed by atoms with van der Waals surface area (Å²) < 4.78 is 26.7. The number of carbonyl (C=O) groups is 2. The highest BCUT2D eigenvalue weighted by Gasteiger charge is 2.19. The number of nitrogens with one attached hydrogen (secondary N) is 2. The van der Waals surface area contributed by atoms with Crippen LogP contribution in [0.25, 0.3) is 0 Å². The van der Waals surface area contributed by atoms with E-state index in [4.69, 9.17) is 0 Å². The minimum atomic E-state index is -1.15. The second-order valence-corrected chi connectivity index (χ2v) is 5.55. The van der Waals surface area contributed by atoms with Crippen molar-refractivity contribution in [1.29, 1.82) is 0 Å². The van der Waals surface area contributed by atoms with E-state index in [0.29, 0.717) is 30.9 Å². The van der Waals surface area contributed by atoms with Gasteiger partial charge in [0, 0.05) is 36.6 Å². The van der Waals surface area contributed by atoms with Gasteiger partial charge in [-0.15, -0.1) is 0 Å². The number of phenolic OH excluding ortho intramolecular Hbond substituents is 1. The van der Waals surface area contributed by atoms with Crippen LogP contribution < -0.4 is 15.5 Å². The van der Waals surface area contributed by atoms with Gasteiger partial charge < -0.3 is 20.6 Å². The van der Waals surface area contributed by atoms with Crippen LogP contribution in [0.5, 0.6) is 5.75 Å². The summed E-state index contributed by atoms with van der Waals surface area (Å²) in [6.07, 6.45) is 0. The zero-order chi connectivity index (χ0) is 18.0. The topological polar surface area (TPSA) is 81.7 Å². The van der Waals surface area contributed by atoms with Gasteiger partial charge in [0.05, 0.1) is 6.54 Å². The molecule has 2 aromatic carbocycles. The number of halogens is 2. The Balaban J connectivity index is 1.73. The number of nitrogens with zero attached hydrogens (tertiary/aromatic N) is 1. The van der Waals surface area contributed by atoms with E-state index in [1.807, 2.05) is 4.90 Å². The molecule has 0 radical (unpaired) electrons. The van der Waals surface area contributed by atoms with E-state index in [-0.39, 0.29) is 12.5 Å². The molecule has 0 aliphatic carbocycles. The molecule has 0 spiro atoms. The van der Waals surface area contributed by atoms with Crippen molar-refractivity contribution in [2.24, 2.45) is 0 Å². The first-order valence-electron chi connectivity index (χ1n) is 7.55. The van der Waals surface area contributed by atoms with Gasteiger partial charge in [-0.2, -0.15) is 0 Å². The van der Waals surface area contributed by atoms with Crippen LogP contribution in [0, 0.1) is 11.6 Å².